The molecule has 0 bridgehead atoms. The van der Waals surface area contributed by atoms with Gasteiger partial charge in [-0.1, -0.05) is 13.8 Å². The largest absolute Gasteiger partial charge is 0.358 e. The van der Waals surface area contributed by atoms with E-state index in [2.05, 4.69) is 61.1 Å². The second-order valence-corrected chi connectivity index (χ2v) is 10.0. The molecule has 0 amide bonds. The first kappa shape index (κ1) is 21.1. The lowest BCUT2D eigenvalue weighted by molar-refractivity contribution is 0.355. The summed E-state index contributed by atoms with van der Waals surface area (Å²) >= 11 is 5.49. The molecular weight excluding hydrogens is 368 g/mol. The standard InChI is InChI=1S/C21H36N6S/c1-15-11-16(2)14-27(13-15)18-12-17(26-9-7-6-8-10-26)22-19(23-18)24-20(28)25-21(3,4)5/h12,15-16H,6-11,13-14H2,1-5H3,(H2,22,23,24,25,28). The van der Waals surface area contributed by atoms with Gasteiger partial charge in [-0.3, -0.25) is 0 Å². The summed E-state index contributed by atoms with van der Waals surface area (Å²) in [6, 6.07) is 2.17. The molecule has 2 aliphatic heterocycles. The van der Waals surface area contributed by atoms with Crippen molar-refractivity contribution in [3.63, 3.8) is 0 Å². The van der Waals surface area contributed by atoms with Gasteiger partial charge in [-0.25, -0.2) is 0 Å². The van der Waals surface area contributed by atoms with Crippen LogP contribution in [0.15, 0.2) is 6.07 Å². The summed E-state index contributed by atoms with van der Waals surface area (Å²) in [4.78, 5) is 14.5. The maximum absolute atomic E-state index is 5.49. The maximum Gasteiger partial charge on any atom is 0.232 e. The summed E-state index contributed by atoms with van der Waals surface area (Å²) in [7, 11) is 0. The van der Waals surface area contributed by atoms with Crippen LogP contribution in [0.25, 0.3) is 0 Å². The summed E-state index contributed by atoms with van der Waals surface area (Å²) in [5.74, 6) is 3.96. The van der Waals surface area contributed by atoms with E-state index in [1.807, 2.05) is 0 Å². The first-order chi connectivity index (χ1) is 13.2. The van der Waals surface area contributed by atoms with Crippen molar-refractivity contribution < 1.29 is 0 Å². The van der Waals surface area contributed by atoms with Crippen LogP contribution >= 0.6 is 12.2 Å². The average Bonchev–Trinajstić information content (AvgIpc) is 2.59. The lowest BCUT2D eigenvalue weighted by Gasteiger charge is -2.36. The zero-order valence-corrected chi connectivity index (χ0v) is 18.9. The molecule has 2 saturated heterocycles. The van der Waals surface area contributed by atoms with E-state index < -0.39 is 0 Å². The third kappa shape index (κ3) is 5.93. The topological polar surface area (TPSA) is 56.3 Å². The van der Waals surface area contributed by atoms with E-state index in [0.717, 1.165) is 37.8 Å². The molecule has 1 aromatic heterocycles. The van der Waals surface area contributed by atoms with Crippen LogP contribution in [0, 0.1) is 11.8 Å². The van der Waals surface area contributed by atoms with Gasteiger partial charge >= 0.3 is 0 Å². The molecule has 6 nitrogen and oxygen atoms in total. The van der Waals surface area contributed by atoms with Crippen molar-refractivity contribution in [2.24, 2.45) is 11.8 Å². The van der Waals surface area contributed by atoms with Gasteiger partial charge in [-0.05, 0) is 70.5 Å². The van der Waals surface area contributed by atoms with Crippen LogP contribution in [0.3, 0.4) is 0 Å². The highest BCUT2D eigenvalue weighted by Crippen LogP contribution is 2.29. The number of nitrogens with zero attached hydrogens (tertiary/aromatic N) is 4. The first-order valence-corrected chi connectivity index (χ1v) is 11.1. The van der Waals surface area contributed by atoms with Crippen LogP contribution in [0.4, 0.5) is 17.6 Å². The van der Waals surface area contributed by atoms with E-state index in [-0.39, 0.29) is 5.54 Å². The molecule has 28 heavy (non-hydrogen) atoms. The number of rotatable bonds is 3. The summed E-state index contributed by atoms with van der Waals surface area (Å²) in [6.45, 7) is 15.2. The van der Waals surface area contributed by atoms with Gasteiger partial charge in [-0.2, -0.15) is 9.97 Å². The Hall–Kier alpha value is -1.63. The molecule has 0 saturated carbocycles. The van der Waals surface area contributed by atoms with E-state index in [4.69, 9.17) is 22.2 Å². The summed E-state index contributed by atoms with van der Waals surface area (Å²) in [6.07, 6.45) is 5.04. The van der Waals surface area contributed by atoms with Crippen LogP contribution in [-0.4, -0.2) is 46.8 Å². The van der Waals surface area contributed by atoms with E-state index in [0.29, 0.717) is 22.9 Å². The minimum atomic E-state index is -0.102. The molecule has 3 heterocycles. The minimum Gasteiger partial charge on any atom is -0.358 e. The predicted octanol–water partition coefficient (Wildman–Crippen LogP) is 4.03. The molecule has 0 aromatic carbocycles. The van der Waals surface area contributed by atoms with E-state index in [1.54, 1.807) is 0 Å². The quantitative estimate of drug-likeness (QED) is 0.738. The van der Waals surface area contributed by atoms with Crippen molar-refractivity contribution in [3.8, 4) is 0 Å². The Morgan fingerprint density at radius 2 is 1.57 bits per heavy atom. The Labute approximate surface area is 175 Å². The van der Waals surface area contributed by atoms with E-state index in [9.17, 15) is 0 Å². The van der Waals surface area contributed by atoms with E-state index in [1.165, 1.54) is 25.7 Å². The van der Waals surface area contributed by atoms with Crippen LogP contribution in [0.1, 0.15) is 60.3 Å². The number of nitrogens with one attached hydrogen (secondary N) is 2. The van der Waals surface area contributed by atoms with Gasteiger partial charge in [-0.15, -0.1) is 0 Å². The van der Waals surface area contributed by atoms with Crippen molar-refractivity contribution >= 4 is 34.9 Å². The average molecular weight is 405 g/mol. The number of thiocarbonyl (C=S) groups is 1. The molecule has 2 aliphatic rings. The maximum atomic E-state index is 5.49. The Morgan fingerprint density at radius 1 is 1.00 bits per heavy atom. The summed E-state index contributed by atoms with van der Waals surface area (Å²) in [5.41, 5.74) is -0.102. The number of hydrogen-bond donors (Lipinski definition) is 2. The summed E-state index contributed by atoms with van der Waals surface area (Å²) in [5, 5.41) is 7.08. The van der Waals surface area contributed by atoms with Gasteiger partial charge in [0.15, 0.2) is 5.11 Å². The molecule has 2 fully saturated rings. The Bertz CT molecular complexity index is 670. The predicted molar refractivity (Wildman–Crippen MR) is 122 cm³/mol. The fraction of sp³-hybridized carbons (Fsp3) is 0.762. The van der Waals surface area contributed by atoms with Gasteiger partial charge in [0, 0.05) is 37.8 Å². The number of anilines is 3. The Morgan fingerprint density at radius 3 is 2.14 bits per heavy atom. The van der Waals surface area contributed by atoms with Gasteiger partial charge < -0.3 is 20.4 Å². The molecule has 0 spiro atoms. The first-order valence-electron chi connectivity index (χ1n) is 10.7. The molecule has 1 aromatic rings. The highest BCUT2D eigenvalue weighted by molar-refractivity contribution is 7.80. The number of hydrogen-bond acceptors (Lipinski definition) is 5. The lowest BCUT2D eigenvalue weighted by Crippen LogP contribution is -2.43. The van der Waals surface area contributed by atoms with Gasteiger partial charge in [0.25, 0.3) is 0 Å². The van der Waals surface area contributed by atoms with Crippen molar-refractivity contribution in [2.75, 3.05) is 41.3 Å². The SMILES string of the molecule is CC1CC(C)CN(c2cc(N3CCCCC3)nc(NC(=S)NC(C)(C)C)n2)C1. The minimum absolute atomic E-state index is 0.102. The van der Waals surface area contributed by atoms with Crippen LogP contribution in [-0.2, 0) is 0 Å². The van der Waals surface area contributed by atoms with Gasteiger partial charge in [0.2, 0.25) is 5.95 Å². The molecule has 0 aliphatic carbocycles. The second-order valence-electron chi connectivity index (χ2n) is 9.64. The molecule has 2 N–H and O–H groups in total. The Kier molecular flexibility index (Phi) is 6.63. The smallest absolute Gasteiger partial charge is 0.232 e. The molecule has 2 unspecified atom stereocenters. The monoisotopic (exact) mass is 404 g/mol. The number of piperidine rings is 2. The fourth-order valence-electron chi connectivity index (χ4n) is 4.25. The van der Waals surface area contributed by atoms with Crippen molar-refractivity contribution in [1.82, 2.24) is 15.3 Å². The highest BCUT2D eigenvalue weighted by Gasteiger charge is 2.25. The van der Waals surface area contributed by atoms with Gasteiger partial charge in [0.1, 0.15) is 11.6 Å². The fourth-order valence-corrected chi connectivity index (χ4v) is 4.65. The highest BCUT2D eigenvalue weighted by atomic mass is 32.1. The molecule has 0 radical (unpaired) electrons. The van der Waals surface area contributed by atoms with Crippen molar-refractivity contribution in [3.05, 3.63) is 6.07 Å². The molecule has 7 heteroatoms. The van der Waals surface area contributed by atoms with Crippen LogP contribution in [0.5, 0.6) is 0 Å². The lowest BCUT2D eigenvalue weighted by atomic mass is 9.92. The zero-order chi connectivity index (χ0) is 20.3. The molecule has 2 atom stereocenters. The molecule has 3 rings (SSSR count). The molecular formula is C21H36N6S. The summed E-state index contributed by atoms with van der Waals surface area (Å²) < 4.78 is 0. The van der Waals surface area contributed by atoms with Gasteiger partial charge in [0.05, 0.1) is 0 Å². The zero-order valence-electron chi connectivity index (χ0n) is 18.1. The van der Waals surface area contributed by atoms with E-state index >= 15 is 0 Å². The van der Waals surface area contributed by atoms with Crippen LogP contribution < -0.4 is 20.4 Å². The second kappa shape index (κ2) is 8.80. The third-order valence-electron chi connectivity index (χ3n) is 5.29. The van der Waals surface area contributed by atoms with Crippen molar-refractivity contribution in [2.45, 2.75) is 65.8 Å². The Balaban J connectivity index is 1.86. The molecule has 156 valence electrons. The van der Waals surface area contributed by atoms with Crippen molar-refractivity contribution in [1.29, 1.82) is 0 Å². The number of aromatic nitrogens is 2. The normalized spacial score (nSPS) is 23.5. The third-order valence-corrected chi connectivity index (χ3v) is 5.49. The van der Waals surface area contributed by atoms with Crippen LogP contribution in [0.2, 0.25) is 0 Å².